The number of carbonyl (C=O) groups is 1. The van der Waals surface area contributed by atoms with E-state index in [9.17, 15) is 9.90 Å². The van der Waals surface area contributed by atoms with Crippen molar-refractivity contribution in [3.8, 4) is 0 Å². The van der Waals surface area contributed by atoms with Gasteiger partial charge in [0.05, 0.1) is 23.3 Å². The Kier molecular flexibility index (Phi) is 8.32. The maximum absolute atomic E-state index is 13.7. The number of nitrogens with zero attached hydrogens (tertiary/aromatic N) is 3. The van der Waals surface area contributed by atoms with Crippen molar-refractivity contribution >= 4 is 34.4 Å². The molecule has 0 fully saturated rings. The van der Waals surface area contributed by atoms with Gasteiger partial charge < -0.3 is 24.6 Å². The Morgan fingerprint density at radius 1 is 1.13 bits per heavy atom. The molecule has 1 aliphatic rings. The lowest BCUT2D eigenvalue weighted by Crippen LogP contribution is -2.48. The Labute approximate surface area is 228 Å². The van der Waals surface area contributed by atoms with Crippen molar-refractivity contribution in [1.29, 1.82) is 0 Å². The third-order valence-electron chi connectivity index (χ3n) is 7.15. The number of anilines is 1. The van der Waals surface area contributed by atoms with Crippen molar-refractivity contribution in [2.75, 3.05) is 23.7 Å². The average Bonchev–Trinajstić information content (AvgIpc) is 3.22. The molecule has 0 aliphatic carbocycles. The highest BCUT2D eigenvalue weighted by Crippen LogP contribution is 2.37. The third kappa shape index (κ3) is 5.88. The van der Waals surface area contributed by atoms with Crippen LogP contribution in [-0.2, 0) is 25.9 Å². The van der Waals surface area contributed by atoms with Crippen LogP contribution >= 0.6 is 11.9 Å². The van der Waals surface area contributed by atoms with Crippen LogP contribution in [0.1, 0.15) is 34.0 Å². The molecular weight excluding hydrogens is 494 g/mol. The van der Waals surface area contributed by atoms with Gasteiger partial charge in [0, 0.05) is 62.0 Å². The van der Waals surface area contributed by atoms with E-state index in [2.05, 4.69) is 44.7 Å². The number of hydrogen-bond acceptors (Lipinski definition) is 6. The number of aromatic nitrogens is 2. The summed E-state index contributed by atoms with van der Waals surface area (Å²) in [5, 5.41) is 18.8. The summed E-state index contributed by atoms with van der Waals surface area (Å²) in [6, 6.07) is 17.4. The fourth-order valence-corrected chi connectivity index (χ4v) is 5.90. The first-order chi connectivity index (χ1) is 18.5. The Hall–Kier alpha value is -3.33. The van der Waals surface area contributed by atoms with E-state index in [0.717, 1.165) is 40.9 Å². The normalized spacial score (nSPS) is 14.8. The molecule has 3 N–H and O–H groups in total. The van der Waals surface area contributed by atoms with Crippen LogP contribution in [-0.4, -0.2) is 52.1 Å². The summed E-state index contributed by atoms with van der Waals surface area (Å²) in [6.07, 6.45) is 6.41. The number of aryl methyl sites for hydroxylation is 2. The van der Waals surface area contributed by atoms with Crippen LogP contribution in [0.5, 0.6) is 0 Å². The standard InChI is InChI=1S/C30H35N5O2S/c1-3-23-20-35-13-14-38-34(2)27-17-24(16-25(23)29(27)35)30(37)33-26(15-21-7-5-4-6-8-21)28(36)19-32-18-22-9-11-31-12-10-22/h4-12,16-17,20,26,28,32,36H,3,13-15,18-19H2,1-2H3,(H,33,37)/t26-,28+/m0/s1. The van der Waals surface area contributed by atoms with Crippen LogP contribution in [0.4, 0.5) is 5.69 Å². The molecule has 1 aliphatic heterocycles. The molecule has 2 aromatic heterocycles. The highest BCUT2D eigenvalue weighted by molar-refractivity contribution is 8.00. The molecule has 0 radical (unpaired) electrons. The van der Waals surface area contributed by atoms with Gasteiger partial charge in [-0.05, 0) is 65.7 Å². The average molecular weight is 530 g/mol. The number of amides is 1. The van der Waals surface area contributed by atoms with Crippen LogP contribution in [0, 0.1) is 0 Å². The largest absolute Gasteiger partial charge is 0.390 e. The molecule has 0 unspecified atom stereocenters. The van der Waals surface area contributed by atoms with E-state index in [1.54, 1.807) is 24.3 Å². The molecule has 3 heterocycles. The molecule has 7 nitrogen and oxygen atoms in total. The number of pyridine rings is 1. The lowest BCUT2D eigenvalue weighted by molar-refractivity contribution is 0.0830. The van der Waals surface area contributed by atoms with E-state index >= 15 is 0 Å². The van der Waals surface area contributed by atoms with Crippen LogP contribution in [0.15, 0.2) is 73.2 Å². The van der Waals surface area contributed by atoms with Crippen molar-refractivity contribution in [1.82, 2.24) is 20.2 Å². The summed E-state index contributed by atoms with van der Waals surface area (Å²) >= 11 is 1.76. The predicted molar refractivity (Wildman–Crippen MR) is 156 cm³/mol. The summed E-state index contributed by atoms with van der Waals surface area (Å²) in [5.74, 6) is 0.812. The van der Waals surface area contributed by atoms with Crippen molar-refractivity contribution in [3.63, 3.8) is 0 Å². The molecule has 0 saturated heterocycles. The summed E-state index contributed by atoms with van der Waals surface area (Å²) in [5.41, 5.74) is 6.26. The van der Waals surface area contributed by atoms with Crippen molar-refractivity contribution in [2.24, 2.45) is 0 Å². The molecule has 5 rings (SSSR count). The molecule has 4 aromatic rings. The minimum absolute atomic E-state index is 0.172. The zero-order chi connectivity index (χ0) is 26.5. The molecule has 0 spiro atoms. The van der Waals surface area contributed by atoms with Crippen LogP contribution in [0.25, 0.3) is 10.9 Å². The topological polar surface area (TPSA) is 82.4 Å². The molecule has 38 heavy (non-hydrogen) atoms. The molecular formula is C30H35N5O2S. The molecule has 0 saturated carbocycles. The Balaban J connectivity index is 1.38. The quantitative estimate of drug-likeness (QED) is 0.267. The van der Waals surface area contributed by atoms with Gasteiger partial charge in [-0.3, -0.25) is 9.78 Å². The van der Waals surface area contributed by atoms with E-state index in [1.807, 2.05) is 54.6 Å². The first-order valence-electron chi connectivity index (χ1n) is 13.2. The number of hydrogen-bond donors (Lipinski definition) is 3. The fraction of sp³-hybridized carbons (Fsp3) is 0.333. The Morgan fingerprint density at radius 3 is 2.68 bits per heavy atom. The lowest BCUT2D eigenvalue weighted by Gasteiger charge is -2.25. The van der Waals surface area contributed by atoms with Gasteiger partial charge in [-0.2, -0.15) is 0 Å². The van der Waals surface area contributed by atoms with Crippen LogP contribution in [0.3, 0.4) is 0 Å². The van der Waals surface area contributed by atoms with Gasteiger partial charge in [-0.15, -0.1) is 0 Å². The van der Waals surface area contributed by atoms with E-state index in [4.69, 9.17) is 0 Å². The van der Waals surface area contributed by atoms with Crippen LogP contribution in [0.2, 0.25) is 0 Å². The third-order valence-corrected chi connectivity index (χ3v) is 8.09. The molecule has 2 aromatic carbocycles. The van der Waals surface area contributed by atoms with Gasteiger partial charge in [-0.25, -0.2) is 0 Å². The van der Waals surface area contributed by atoms with E-state index in [0.29, 0.717) is 25.1 Å². The van der Waals surface area contributed by atoms with Gasteiger partial charge in [-0.1, -0.05) is 37.3 Å². The van der Waals surface area contributed by atoms with Crippen molar-refractivity contribution in [3.05, 3.63) is 95.4 Å². The van der Waals surface area contributed by atoms with Gasteiger partial charge in [0.1, 0.15) is 0 Å². The number of aliphatic hydroxyl groups is 1. The highest BCUT2D eigenvalue weighted by atomic mass is 32.2. The zero-order valence-electron chi connectivity index (χ0n) is 21.9. The molecule has 8 heteroatoms. The van der Waals surface area contributed by atoms with E-state index in [1.165, 1.54) is 11.1 Å². The zero-order valence-corrected chi connectivity index (χ0v) is 22.7. The number of nitrogens with one attached hydrogen (secondary N) is 2. The maximum atomic E-state index is 13.7. The van der Waals surface area contributed by atoms with E-state index < -0.39 is 12.1 Å². The maximum Gasteiger partial charge on any atom is 0.251 e. The predicted octanol–water partition coefficient (Wildman–Crippen LogP) is 4.19. The number of benzene rings is 2. The minimum atomic E-state index is -0.767. The number of rotatable bonds is 10. The summed E-state index contributed by atoms with van der Waals surface area (Å²) in [6.45, 7) is 4.07. The van der Waals surface area contributed by atoms with Gasteiger partial charge in [0.25, 0.3) is 5.91 Å². The highest BCUT2D eigenvalue weighted by Gasteiger charge is 2.25. The van der Waals surface area contributed by atoms with Crippen molar-refractivity contribution < 1.29 is 9.90 Å². The Bertz CT molecular complexity index is 1380. The lowest BCUT2D eigenvalue weighted by atomic mass is 9.99. The van der Waals surface area contributed by atoms with Gasteiger partial charge in [0.15, 0.2) is 0 Å². The second-order valence-electron chi connectivity index (χ2n) is 9.75. The molecule has 198 valence electrons. The first-order valence-corrected chi connectivity index (χ1v) is 14.1. The van der Waals surface area contributed by atoms with Gasteiger partial charge in [0.2, 0.25) is 0 Å². The summed E-state index contributed by atoms with van der Waals surface area (Å²) in [4.78, 5) is 17.7. The Morgan fingerprint density at radius 2 is 1.92 bits per heavy atom. The smallest absolute Gasteiger partial charge is 0.251 e. The minimum Gasteiger partial charge on any atom is -0.390 e. The summed E-state index contributed by atoms with van der Waals surface area (Å²) in [7, 11) is 2.06. The number of carbonyl (C=O) groups excluding carboxylic acids is 1. The molecule has 1 amide bonds. The SMILES string of the molecule is CCc1cn2c3c(cc(C(=O)N[C@@H](Cc4ccccc4)[C@H](O)CNCc4ccncc4)cc13)N(C)SCC2. The summed E-state index contributed by atoms with van der Waals surface area (Å²) < 4.78 is 4.49. The fourth-order valence-electron chi connectivity index (χ4n) is 5.07. The monoisotopic (exact) mass is 529 g/mol. The second kappa shape index (κ2) is 12.0. The van der Waals surface area contributed by atoms with E-state index in [-0.39, 0.29) is 5.91 Å². The van der Waals surface area contributed by atoms with Crippen LogP contribution < -0.4 is 14.9 Å². The molecule has 2 atom stereocenters. The second-order valence-corrected chi connectivity index (χ2v) is 11.0. The number of aliphatic hydroxyl groups excluding tert-OH is 1. The van der Waals surface area contributed by atoms with Crippen molar-refractivity contribution in [2.45, 2.75) is 45.0 Å². The first kappa shape index (κ1) is 26.3. The van der Waals surface area contributed by atoms with Gasteiger partial charge >= 0.3 is 0 Å². The molecule has 0 bridgehead atoms.